The van der Waals surface area contributed by atoms with Crippen LogP contribution in [0.3, 0.4) is 0 Å². The molecule has 0 aliphatic rings. The number of benzene rings is 1. The number of nitrogens with one attached hydrogen (secondary N) is 2. The number of H-pyrrole nitrogens is 1. The summed E-state index contributed by atoms with van der Waals surface area (Å²) in [5, 5.41) is 9.37. The zero-order chi connectivity index (χ0) is 13.2. The first-order chi connectivity index (χ1) is 8.47. The molecule has 0 saturated carbocycles. The van der Waals surface area contributed by atoms with Gasteiger partial charge in [0.2, 0.25) is 0 Å². The minimum atomic E-state index is -4.37. The van der Waals surface area contributed by atoms with Crippen molar-refractivity contribution in [3.63, 3.8) is 0 Å². The number of hydrogen-bond acceptors (Lipinski definition) is 2. The molecule has 18 heavy (non-hydrogen) atoms. The summed E-state index contributed by atoms with van der Waals surface area (Å²) in [6.45, 7) is 0.388. The lowest BCUT2D eigenvalue weighted by Gasteiger charge is -2.12. The van der Waals surface area contributed by atoms with E-state index in [1.807, 2.05) is 0 Å². The number of halogens is 4. The van der Waals surface area contributed by atoms with Crippen LogP contribution in [0.25, 0.3) is 0 Å². The Kier molecular flexibility index (Phi) is 3.60. The second-order valence-electron chi connectivity index (χ2n) is 3.63. The van der Waals surface area contributed by atoms with Crippen LogP contribution in [0, 0.1) is 0 Å². The molecular formula is C11H9BrF3N3. The Morgan fingerprint density at radius 2 is 2.06 bits per heavy atom. The summed E-state index contributed by atoms with van der Waals surface area (Å²) in [4.78, 5) is 0. The van der Waals surface area contributed by atoms with E-state index < -0.39 is 11.7 Å². The van der Waals surface area contributed by atoms with Crippen LogP contribution >= 0.6 is 15.9 Å². The van der Waals surface area contributed by atoms with E-state index >= 15 is 0 Å². The van der Waals surface area contributed by atoms with Gasteiger partial charge in [-0.05, 0) is 24.3 Å². The lowest BCUT2D eigenvalue weighted by atomic mass is 10.2. The summed E-state index contributed by atoms with van der Waals surface area (Å²) < 4.78 is 38.0. The Hall–Kier alpha value is -1.50. The summed E-state index contributed by atoms with van der Waals surface area (Å²) in [6, 6.07) is 5.77. The Morgan fingerprint density at radius 3 is 2.67 bits per heavy atom. The maximum Gasteiger partial charge on any atom is 0.417 e. The Labute approximate surface area is 110 Å². The molecule has 2 aromatic rings. The Morgan fingerprint density at radius 1 is 1.28 bits per heavy atom. The van der Waals surface area contributed by atoms with Crippen molar-refractivity contribution in [3.05, 3.63) is 46.2 Å². The molecule has 0 amide bonds. The summed E-state index contributed by atoms with van der Waals surface area (Å²) in [6.07, 6.45) is -2.79. The molecule has 7 heteroatoms. The second-order valence-corrected chi connectivity index (χ2v) is 4.48. The molecule has 1 aromatic carbocycles. The fourth-order valence-corrected chi connectivity index (χ4v) is 1.90. The van der Waals surface area contributed by atoms with Gasteiger partial charge in [0.05, 0.1) is 17.8 Å². The largest absolute Gasteiger partial charge is 0.417 e. The zero-order valence-corrected chi connectivity index (χ0v) is 10.6. The third-order valence-corrected chi connectivity index (χ3v) is 3.00. The topological polar surface area (TPSA) is 40.7 Å². The van der Waals surface area contributed by atoms with E-state index in [2.05, 4.69) is 31.4 Å². The van der Waals surface area contributed by atoms with Crippen LogP contribution in [0.5, 0.6) is 0 Å². The molecule has 1 aromatic heterocycles. The summed E-state index contributed by atoms with van der Waals surface area (Å²) in [5.74, 6) is 0. The van der Waals surface area contributed by atoms with Gasteiger partial charge in [0.25, 0.3) is 0 Å². The van der Waals surface area contributed by atoms with Crippen molar-refractivity contribution in [2.24, 2.45) is 0 Å². The molecule has 0 aliphatic heterocycles. The van der Waals surface area contributed by atoms with Gasteiger partial charge in [0, 0.05) is 16.4 Å². The Bertz CT molecular complexity index is 523. The molecule has 0 fully saturated rings. The van der Waals surface area contributed by atoms with Crippen LogP contribution < -0.4 is 5.32 Å². The standard InChI is InChI=1S/C11H9BrF3N3/c12-10-2-1-7(5-9(10)11(13,14)15)16-6-8-3-4-17-18-8/h1-5,16H,6H2,(H,17,18). The average molecular weight is 320 g/mol. The maximum absolute atomic E-state index is 12.7. The molecule has 0 bridgehead atoms. The van der Waals surface area contributed by atoms with Crippen LogP contribution in [0.1, 0.15) is 11.3 Å². The van der Waals surface area contributed by atoms with E-state index in [4.69, 9.17) is 0 Å². The van der Waals surface area contributed by atoms with Crippen LogP contribution in [-0.2, 0) is 12.7 Å². The summed E-state index contributed by atoms with van der Waals surface area (Å²) in [5.41, 5.74) is 0.503. The van der Waals surface area contributed by atoms with E-state index in [0.717, 1.165) is 11.8 Å². The summed E-state index contributed by atoms with van der Waals surface area (Å²) in [7, 11) is 0. The highest BCUT2D eigenvalue weighted by Crippen LogP contribution is 2.36. The van der Waals surface area contributed by atoms with E-state index in [1.54, 1.807) is 18.3 Å². The van der Waals surface area contributed by atoms with Gasteiger partial charge in [-0.1, -0.05) is 15.9 Å². The number of alkyl halides is 3. The molecule has 0 unspecified atom stereocenters. The van der Waals surface area contributed by atoms with E-state index in [9.17, 15) is 13.2 Å². The van der Waals surface area contributed by atoms with Crippen molar-refractivity contribution in [1.29, 1.82) is 0 Å². The van der Waals surface area contributed by atoms with E-state index in [0.29, 0.717) is 12.2 Å². The molecule has 1 heterocycles. The van der Waals surface area contributed by atoms with Crippen molar-refractivity contribution in [1.82, 2.24) is 10.2 Å². The normalized spacial score (nSPS) is 11.6. The summed E-state index contributed by atoms with van der Waals surface area (Å²) >= 11 is 2.89. The van der Waals surface area contributed by atoms with Crippen molar-refractivity contribution in [2.75, 3.05) is 5.32 Å². The number of rotatable bonds is 3. The van der Waals surface area contributed by atoms with Crippen molar-refractivity contribution in [3.8, 4) is 0 Å². The third-order valence-electron chi connectivity index (χ3n) is 2.31. The number of nitrogens with zero attached hydrogens (tertiary/aromatic N) is 1. The van der Waals surface area contributed by atoms with Crippen LogP contribution in [0.2, 0.25) is 0 Å². The average Bonchev–Trinajstić information content (AvgIpc) is 2.79. The Balaban J connectivity index is 2.15. The maximum atomic E-state index is 12.7. The van der Waals surface area contributed by atoms with Crippen LogP contribution in [-0.4, -0.2) is 10.2 Å². The molecule has 0 radical (unpaired) electrons. The smallest absolute Gasteiger partial charge is 0.379 e. The van der Waals surface area contributed by atoms with Crippen molar-refractivity contribution in [2.45, 2.75) is 12.7 Å². The molecule has 3 nitrogen and oxygen atoms in total. The molecule has 96 valence electrons. The second kappa shape index (κ2) is 5.01. The first kappa shape index (κ1) is 12.9. The molecular weight excluding hydrogens is 311 g/mol. The highest BCUT2D eigenvalue weighted by molar-refractivity contribution is 9.10. The van der Waals surface area contributed by atoms with Crippen molar-refractivity contribution < 1.29 is 13.2 Å². The molecule has 0 aliphatic carbocycles. The van der Waals surface area contributed by atoms with Gasteiger partial charge in [0.1, 0.15) is 0 Å². The van der Waals surface area contributed by atoms with Gasteiger partial charge in [0.15, 0.2) is 0 Å². The van der Waals surface area contributed by atoms with Gasteiger partial charge < -0.3 is 5.32 Å². The number of aromatic nitrogens is 2. The predicted molar refractivity (Wildman–Crippen MR) is 65.1 cm³/mol. The first-order valence-corrected chi connectivity index (χ1v) is 5.85. The number of hydrogen-bond donors (Lipinski definition) is 2. The fourth-order valence-electron chi connectivity index (χ4n) is 1.43. The van der Waals surface area contributed by atoms with Gasteiger partial charge in [-0.25, -0.2) is 0 Å². The van der Waals surface area contributed by atoms with E-state index in [1.165, 1.54) is 6.07 Å². The molecule has 2 rings (SSSR count). The predicted octanol–water partition coefficient (Wildman–Crippen LogP) is 3.80. The number of aromatic amines is 1. The van der Waals surface area contributed by atoms with Crippen LogP contribution in [0.4, 0.5) is 18.9 Å². The lowest BCUT2D eigenvalue weighted by Crippen LogP contribution is -2.07. The molecule has 0 atom stereocenters. The molecule has 0 saturated heterocycles. The van der Waals surface area contributed by atoms with Gasteiger partial charge >= 0.3 is 6.18 Å². The first-order valence-electron chi connectivity index (χ1n) is 5.05. The third kappa shape index (κ3) is 3.04. The SMILES string of the molecule is FC(F)(F)c1cc(NCc2ccn[nH]2)ccc1Br. The molecule has 0 spiro atoms. The molecule has 2 N–H and O–H groups in total. The lowest BCUT2D eigenvalue weighted by molar-refractivity contribution is -0.138. The van der Waals surface area contributed by atoms with E-state index in [-0.39, 0.29) is 4.47 Å². The van der Waals surface area contributed by atoms with Crippen LogP contribution in [0.15, 0.2) is 34.9 Å². The minimum Gasteiger partial charge on any atom is -0.379 e. The zero-order valence-electron chi connectivity index (χ0n) is 9.05. The van der Waals surface area contributed by atoms with Crippen molar-refractivity contribution >= 4 is 21.6 Å². The fraction of sp³-hybridized carbons (Fsp3) is 0.182. The highest BCUT2D eigenvalue weighted by atomic mass is 79.9. The van der Waals surface area contributed by atoms with Gasteiger partial charge in [-0.2, -0.15) is 18.3 Å². The number of anilines is 1. The van der Waals surface area contributed by atoms with Gasteiger partial charge in [-0.15, -0.1) is 0 Å². The van der Waals surface area contributed by atoms with Gasteiger partial charge in [-0.3, -0.25) is 5.10 Å². The monoisotopic (exact) mass is 319 g/mol. The highest BCUT2D eigenvalue weighted by Gasteiger charge is 2.33. The quantitative estimate of drug-likeness (QED) is 0.903. The minimum absolute atomic E-state index is 0.0297.